The van der Waals surface area contributed by atoms with Crippen molar-refractivity contribution in [2.24, 2.45) is 0 Å². The van der Waals surface area contributed by atoms with Gasteiger partial charge in [-0.25, -0.2) is 8.42 Å². The largest absolute Gasteiger partial charge is 0.497 e. The van der Waals surface area contributed by atoms with E-state index in [9.17, 15) is 18.0 Å². The van der Waals surface area contributed by atoms with Gasteiger partial charge in [-0.2, -0.15) is 0 Å². The number of carbonyl (C=O) groups is 2. The minimum absolute atomic E-state index is 0.0572. The van der Waals surface area contributed by atoms with E-state index in [2.05, 4.69) is 21.2 Å². The highest BCUT2D eigenvalue weighted by atomic mass is 79.9. The summed E-state index contributed by atoms with van der Waals surface area (Å²) in [5.41, 5.74) is 1.09. The molecule has 0 unspecified atom stereocenters. The standard InChI is InChI=1S/C26H28BrN3O5S/c1-19(26(32)28-2)29(17-20-9-15-23(35-3)16-10-20)25(31)18-30(22-13-11-21(27)12-14-22)36(33,34)24-7-5-4-6-8-24/h4-16,19H,17-18H2,1-3H3,(H,28,32)/t19-/m1/s1. The Morgan fingerprint density at radius 2 is 1.58 bits per heavy atom. The van der Waals surface area contributed by atoms with Gasteiger partial charge in [0, 0.05) is 18.1 Å². The molecule has 0 bridgehead atoms. The van der Waals surface area contributed by atoms with Gasteiger partial charge in [-0.15, -0.1) is 0 Å². The summed E-state index contributed by atoms with van der Waals surface area (Å²) in [7, 11) is -1.03. The Kier molecular flexibility index (Phi) is 9.11. The molecular weight excluding hydrogens is 546 g/mol. The molecule has 0 aliphatic carbocycles. The van der Waals surface area contributed by atoms with Crippen LogP contribution in [-0.4, -0.2) is 51.9 Å². The Morgan fingerprint density at radius 3 is 2.14 bits per heavy atom. The summed E-state index contributed by atoms with van der Waals surface area (Å²) < 4.78 is 34.3. The monoisotopic (exact) mass is 573 g/mol. The van der Waals surface area contributed by atoms with E-state index < -0.39 is 28.5 Å². The summed E-state index contributed by atoms with van der Waals surface area (Å²) in [6, 6.07) is 20.8. The minimum Gasteiger partial charge on any atom is -0.497 e. The van der Waals surface area contributed by atoms with Gasteiger partial charge in [-0.3, -0.25) is 13.9 Å². The topological polar surface area (TPSA) is 96.0 Å². The van der Waals surface area contributed by atoms with Gasteiger partial charge in [0.25, 0.3) is 10.0 Å². The van der Waals surface area contributed by atoms with Crippen LogP contribution >= 0.6 is 15.9 Å². The van der Waals surface area contributed by atoms with E-state index in [1.165, 1.54) is 24.1 Å². The molecule has 3 rings (SSSR count). The number of benzene rings is 3. The smallest absolute Gasteiger partial charge is 0.264 e. The first kappa shape index (κ1) is 27.2. The summed E-state index contributed by atoms with van der Waals surface area (Å²) in [5.74, 6) is -0.228. The van der Waals surface area contributed by atoms with Crippen molar-refractivity contribution in [3.05, 3.63) is 88.9 Å². The van der Waals surface area contributed by atoms with Crippen LogP contribution in [0.1, 0.15) is 12.5 Å². The normalized spacial score (nSPS) is 11.9. The molecule has 10 heteroatoms. The third-order valence-electron chi connectivity index (χ3n) is 5.65. The lowest BCUT2D eigenvalue weighted by Crippen LogP contribution is -2.50. The SMILES string of the molecule is CNC(=O)[C@@H](C)N(Cc1ccc(OC)cc1)C(=O)CN(c1ccc(Br)cc1)S(=O)(=O)c1ccccc1. The van der Waals surface area contributed by atoms with Gasteiger partial charge in [-0.05, 0) is 61.0 Å². The molecule has 0 saturated heterocycles. The molecule has 0 fully saturated rings. The van der Waals surface area contributed by atoms with E-state index in [-0.39, 0.29) is 17.3 Å². The Morgan fingerprint density at radius 1 is 0.972 bits per heavy atom. The van der Waals surface area contributed by atoms with Gasteiger partial charge in [0.1, 0.15) is 18.3 Å². The highest BCUT2D eigenvalue weighted by molar-refractivity contribution is 9.10. The van der Waals surface area contributed by atoms with Gasteiger partial charge < -0.3 is 15.0 Å². The van der Waals surface area contributed by atoms with E-state index in [1.54, 1.807) is 80.8 Å². The number of nitrogens with one attached hydrogen (secondary N) is 1. The van der Waals surface area contributed by atoms with Gasteiger partial charge in [-0.1, -0.05) is 46.3 Å². The van der Waals surface area contributed by atoms with Crippen molar-refractivity contribution in [3.8, 4) is 5.75 Å². The third kappa shape index (κ3) is 6.44. The minimum atomic E-state index is -4.08. The molecule has 0 radical (unpaired) electrons. The molecular formula is C26H28BrN3O5S. The molecule has 0 heterocycles. The highest BCUT2D eigenvalue weighted by Crippen LogP contribution is 2.26. The summed E-state index contributed by atoms with van der Waals surface area (Å²) in [6.45, 7) is 1.23. The van der Waals surface area contributed by atoms with Crippen molar-refractivity contribution >= 4 is 43.5 Å². The Hall–Kier alpha value is -3.37. The number of anilines is 1. The number of nitrogens with zero attached hydrogens (tertiary/aromatic N) is 2. The lowest BCUT2D eigenvalue weighted by molar-refractivity contribution is -0.139. The molecule has 0 aromatic heterocycles. The van der Waals surface area contributed by atoms with Crippen LogP contribution in [0.3, 0.4) is 0 Å². The number of hydrogen-bond acceptors (Lipinski definition) is 5. The number of amides is 2. The fraction of sp³-hybridized carbons (Fsp3) is 0.231. The van der Waals surface area contributed by atoms with E-state index in [1.807, 2.05) is 0 Å². The zero-order valence-corrected chi connectivity index (χ0v) is 22.6. The van der Waals surface area contributed by atoms with Crippen molar-refractivity contribution in [1.29, 1.82) is 0 Å². The fourth-order valence-electron chi connectivity index (χ4n) is 3.57. The molecule has 36 heavy (non-hydrogen) atoms. The third-order valence-corrected chi connectivity index (χ3v) is 7.97. The molecule has 0 aliphatic rings. The number of methoxy groups -OCH3 is 1. The molecule has 1 atom stereocenters. The van der Waals surface area contributed by atoms with Crippen LogP contribution in [0, 0.1) is 0 Å². The number of halogens is 1. The van der Waals surface area contributed by atoms with E-state index in [4.69, 9.17) is 4.74 Å². The molecule has 0 saturated carbocycles. The average molecular weight is 574 g/mol. The first-order valence-electron chi connectivity index (χ1n) is 11.1. The number of carbonyl (C=O) groups excluding carboxylic acids is 2. The first-order valence-corrected chi connectivity index (χ1v) is 13.4. The van der Waals surface area contributed by atoms with Crippen molar-refractivity contribution in [3.63, 3.8) is 0 Å². The summed E-state index contributed by atoms with van der Waals surface area (Å²) in [4.78, 5) is 27.6. The van der Waals surface area contributed by atoms with Crippen LogP contribution in [-0.2, 0) is 26.2 Å². The lowest BCUT2D eigenvalue weighted by Gasteiger charge is -2.31. The maximum atomic E-state index is 13.7. The number of sulfonamides is 1. The zero-order chi connectivity index (χ0) is 26.3. The summed E-state index contributed by atoms with van der Waals surface area (Å²) >= 11 is 3.36. The van der Waals surface area contributed by atoms with Crippen LogP contribution in [0.4, 0.5) is 5.69 Å². The molecule has 2 amide bonds. The van der Waals surface area contributed by atoms with E-state index in [0.29, 0.717) is 11.4 Å². The van der Waals surface area contributed by atoms with Crippen molar-refractivity contribution < 1.29 is 22.7 Å². The van der Waals surface area contributed by atoms with Crippen LogP contribution in [0.5, 0.6) is 5.75 Å². The van der Waals surface area contributed by atoms with E-state index in [0.717, 1.165) is 14.3 Å². The maximum Gasteiger partial charge on any atom is 0.264 e. The van der Waals surface area contributed by atoms with Crippen LogP contribution in [0.25, 0.3) is 0 Å². The Labute approximate surface area is 220 Å². The summed E-state index contributed by atoms with van der Waals surface area (Å²) in [6.07, 6.45) is 0. The Balaban J connectivity index is 1.99. The first-order chi connectivity index (χ1) is 17.2. The highest BCUT2D eigenvalue weighted by Gasteiger charge is 2.32. The fourth-order valence-corrected chi connectivity index (χ4v) is 5.27. The molecule has 1 N–H and O–H groups in total. The molecule has 3 aromatic rings. The average Bonchev–Trinajstić information content (AvgIpc) is 2.90. The van der Waals surface area contributed by atoms with Gasteiger partial charge in [0.2, 0.25) is 11.8 Å². The van der Waals surface area contributed by atoms with Crippen LogP contribution in [0.15, 0.2) is 88.2 Å². The second-order valence-corrected chi connectivity index (χ2v) is 10.7. The van der Waals surface area contributed by atoms with Gasteiger partial charge in [0.05, 0.1) is 17.7 Å². The van der Waals surface area contributed by atoms with Crippen molar-refractivity contribution in [2.75, 3.05) is 25.0 Å². The van der Waals surface area contributed by atoms with E-state index >= 15 is 0 Å². The maximum absolute atomic E-state index is 13.7. The number of hydrogen-bond donors (Lipinski definition) is 1. The number of likely N-dealkylation sites (N-methyl/N-ethyl adjacent to an activating group) is 1. The zero-order valence-electron chi connectivity index (χ0n) is 20.2. The summed E-state index contributed by atoms with van der Waals surface area (Å²) in [5, 5.41) is 2.56. The predicted octanol–water partition coefficient (Wildman–Crippen LogP) is 3.82. The Bertz CT molecular complexity index is 1280. The lowest BCUT2D eigenvalue weighted by atomic mass is 10.1. The van der Waals surface area contributed by atoms with Crippen LogP contribution < -0.4 is 14.4 Å². The molecule has 190 valence electrons. The number of rotatable bonds is 10. The predicted molar refractivity (Wildman–Crippen MR) is 142 cm³/mol. The van der Waals surface area contributed by atoms with Crippen LogP contribution in [0.2, 0.25) is 0 Å². The van der Waals surface area contributed by atoms with Gasteiger partial charge in [0.15, 0.2) is 0 Å². The molecule has 8 nitrogen and oxygen atoms in total. The quantitative estimate of drug-likeness (QED) is 0.398. The van der Waals surface area contributed by atoms with Crippen molar-refractivity contribution in [2.45, 2.75) is 24.4 Å². The van der Waals surface area contributed by atoms with Crippen molar-refractivity contribution in [1.82, 2.24) is 10.2 Å². The second kappa shape index (κ2) is 12.0. The molecule has 0 aliphatic heterocycles. The second-order valence-electron chi connectivity index (χ2n) is 7.96. The molecule has 0 spiro atoms. The number of ether oxygens (including phenoxy) is 1. The molecule has 3 aromatic carbocycles. The van der Waals surface area contributed by atoms with Gasteiger partial charge >= 0.3 is 0 Å².